The predicted molar refractivity (Wildman–Crippen MR) is 107 cm³/mol. The molecule has 0 bridgehead atoms. The zero-order valence-electron chi connectivity index (χ0n) is 16.0. The first kappa shape index (κ1) is 20.1. The van der Waals surface area contributed by atoms with Crippen molar-refractivity contribution in [2.75, 3.05) is 13.7 Å². The monoisotopic (exact) mass is 426 g/mol. The number of nitrogens with zero attached hydrogens (tertiary/aromatic N) is 2. The number of hydrogen-bond donors (Lipinski definition) is 0. The van der Waals surface area contributed by atoms with Gasteiger partial charge >= 0.3 is 5.97 Å². The summed E-state index contributed by atoms with van der Waals surface area (Å²) < 4.78 is 13.9. The highest BCUT2D eigenvalue weighted by molar-refractivity contribution is 9.10. The van der Waals surface area contributed by atoms with E-state index in [1.807, 2.05) is 25.1 Å². The zero-order valence-corrected chi connectivity index (χ0v) is 18.6. The molecule has 0 spiro atoms. The predicted octanol–water partition coefficient (Wildman–Crippen LogP) is 5.17. The van der Waals surface area contributed by atoms with E-state index in [0.29, 0.717) is 12.3 Å². The summed E-state index contributed by atoms with van der Waals surface area (Å²) in [5.41, 5.74) is 1.23. The Morgan fingerprint density at radius 2 is 2.00 bits per heavy atom. The molecule has 1 aromatic heterocycles. The van der Waals surface area contributed by atoms with Gasteiger partial charge in [0, 0.05) is 9.86 Å². The average molecular weight is 427 g/mol. The fourth-order valence-electron chi connectivity index (χ4n) is 2.31. The number of ether oxygens (including phenoxy) is 1. The third kappa shape index (κ3) is 4.15. The molecule has 1 heterocycles. The number of esters is 1. The van der Waals surface area contributed by atoms with E-state index in [4.69, 9.17) is 9.16 Å². The Hall–Kier alpha value is -1.18. The first-order valence-corrected chi connectivity index (χ1v) is 12.1. The molecule has 1 atom stereocenters. The van der Waals surface area contributed by atoms with E-state index in [0.717, 1.165) is 15.4 Å². The van der Waals surface area contributed by atoms with E-state index < -0.39 is 8.32 Å². The van der Waals surface area contributed by atoms with Gasteiger partial charge in [0.15, 0.2) is 14.0 Å². The number of aromatic nitrogens is 2. The van der Waals surface area contributed by atoms with Gasteiger partial charge in [0.1, 0.15) is 0 Å². The number of fused-ring (bicyclic) bond motifs is 1. The Labute approximate surface area is 158 Å². The second-order valence-electron chi connectivity index (χ2n) is 7.87. The standard InChI is InChI=1S/C18H27BrN2O3Si/c1-12(11-24-25(6,7)18(2,3)4)21-16(17(22)23-5)14-10-13(19)8-9-15(14)20-21/h8-10,12H,11H2,1-7H3/t12-/m0/s1. The van der Waals surface area contributed by atoms with Crippen LogP contribution in [0.15, 0.2) is 22.7 Å². The van der Waals surface area contributed by atoms with Crippen molar-refractivity contribution in [2.45, 2.75) is 51.9 Å². The molecule has 0 saturated carbocycles. The number of halogens is 1. The second-order valence-corrected chi connectivity index (χ2v) is 13.6. The number of rotatable bonds is 5. The summed E-state index contributed by atoms with van der Waals surface area (Å²) in [7, 11) is -0.477. The summed E-state index contributed by atoms with van der Waals surface area (Å²) in [4.78, 5) is 12.4. The van der Waals surface area contributed by atoms with Crippen LogP contribution in [0.25, 0.3) is 10.9 Å². The smallest absolute Gasteiger partial charge is 0.356 e. The van der Waals surface area contributed by atoms with Crippen LogP contribution in [0, 0.1) is 0 Å². The van der Waals surface area contributed by atoms with Crippen molar-refractivity contribution in [1.82, 2.24) is 9.78 Å². The molecule has 5 nitrogen and oxygen atoms in total. The SMILES string of the molecule is COC(=O)c1c2cc(Br)ccc2nn1[C@@H](C)CO[Si](C)(C)C(C)(C)C. The highest BCUT2D eigenvalue weighted by atomic mass is 79.9. The van der Waals surface area contributed by atoms with E-state index >= 15 is 0 Å². The van der Waals surface area contributed by atoms with Gasteiger partial charge in [-0.2, -0.15) is 5.10 Å². The Morgan fingerprint density at radius 1 is 1.36 bits per heavy atom. The van der Waals surface area contributed by atoms with Crippen molar-refractivity contribution in [3.05, 3.63) is 28.4 Å². The van der Waals surface area contributed by atoms with Crippen LogP contribution in [-0.4, -0.2) is 37.8 Å². The second kappa shape index (κ2) is 7.21. The van der Waals surface area contributed by atoms with Gasteiger partial charge in [-0.05, 0) is 43.3 Å². The summed E-state index contributed by atoms with van der Waals surface area (Å²) in [6.45, 7) is 13.6. The first-order valence-electron chi connectivity index (χ1n) is 8.38. The average Bonchev–Trinajstić information content (AvgIpc) is 2.89. The molecular weight excluding hydrogens is 400 g/mol. The molecule has 0 radical (unpaired) electrons. The Balaban J connectivity index is 2.38. The first-order chi connectivity index (χ1) is 11.5. The minimum absolute atomic E-state index is 0.0746. The molecule has 2 rings (SSSR count). The summed E-state index contributed by atoms with van der Waals surface area (Å²) in [6, 6.07) is 5.63. The van der Waals surface area contributed by atoms with Gasteiger partial charge < -0.3 is 9.16 Å². The molecule has 25 heavy (non-hydrogen) atoms. The molecule has 0 aliphatic carbocycles. The minimum atomic E-state index is -1.87. The van der Waals surface area contributed by atoms with E-state index in [1.54, 1.807) is 4.68 Å². The minimum Gasteiger partial charge on any atom is -0.464 e. The van der Waals surface area contributed by atoms with Gasteiger partial charge in [0.05, 0.1) is 25.3 Å². The molecule has 2 aromatic rings. The van der Waals surface area contributed by atoms with Gasteiger partial charge in [0.2, 0.25) is 0 Å². The molecule has 0 aliphatic rings. The summed E-state index contributed by atoms with van der Waals surface area (Å²) >= 11 is 3.45. The number of carbonyl (C=O) groups excluding carboxylic acids is 1. The van der Waals surface area contributed by atoms with Crippen LogP contribution in [0.4, 0.5) is 0 Å². The van der Waals surface area contributed by atoms with Crippen molar-refractivity contribution in [1.29, 1.82) is 0 Å². The molecule has 138 valence electrons. The third-order valence-electron chi connectivity index (χ3n) is 4.95. The fraction of sp³-hybridized carbons (Fsp3) is 0.556. The molecule has 0 aliphatic heterocycles. The van der Waals surface area contributed by atoms with Crippen LogP contribution in [-0.2, 0) is 9.16 Å². The molecule has 0 N–H and O–H groups in total. The Morgan fingerprint density at radius 3 is 2.56 bits per heavy atom. The molecular formula is C18H27BrN2O3Si. The lowest BCUT2D eigenvalue weighted by Gasteiger charge is -2.37. The van der Waals surface area contributed by atoms with Crippen LogP contribution in [0.1, 0.15) is 44.2 Å². The van der Waals surface area contributed by atoms with Gasteiger partial charge in [-0.1, -0.05) is 36.7 Å². The van der Waals surface area contributed by atoms with Crippen molar-refractivity contribution >= 4 is 41.1 Å². The maximum absolute atomic E-state index is 12.4. The van der Waals surface area contributed by atoms with Gasteiger partial charge in [-0.3, -0.25) is 4.68 Å². The van der Waals surface area contributed by atoms with E-state index in [1.165, 1.54) is 7.11 Å². The molecule has 1 aromatic carbocycles. The van der Waals surface area contributed by atoms with Crippen LogP contribution in [0.5, 0.6) is 0 Å². The van der Waals surface area contributed by atoms with E-state index in [9.17, 15) is 4.79 Å². The maximum Gasteiger partial charge on any atom is 0.356 e. The normalized spacial score (nSPS) is 13.9. The van der Waals surface area contributed by atoms with Gasteiger partial charge in [0.25, 0.3) is 0 Å². The van der Waals surface area contributed by atoms with Crippen molar-refractivity contribution in [3.8, 4) is 0 Å². The lowest BCUT2D eigenvalue weighted by atomic mass is 10.2. The molecule has 0 unspecified atom stereocenters. The van der Waals surface area contributed by atoms with Gasteiger partial charge in [-0.25, -0.2) is 4.79 Å². The summed E-state index contributed by atoms with van der Waals surface area (Å²) in [5, 5.41) is 5.53. The Kier molecular flexibility index (Phi) is 5.80. The number of methoxy groups -OCH3 is 1. The summed E-state index contributed by atoms with van der Waals surface area (Å²) in [6.07, 6.45) is 0. The Bertz CT molecular complexity index is 780. The molecule has 0 saturated heterocycles. The summed E-state index contributed by atoms with van der Waals surface area (Å²) in [5.74, 6) is -0.389. The maximum atomic E-state index is 12.4. The quantitative estimate of drug-likeness (QED) is 0.488. The van der Waals surface area contributed by atoms with Gasteiger partial charge in [-0.15, -0.1) is 0 Å². The molecule has 7 heteroatoms. The van der Waals surface area contributed by atoms with Crippen molar-refractivity contribution in [3.63, 3.8) is 0 Å². The highest BCUT2D eigenvalue weighted by Gasteiger charge is 2.37. The lowest BCUT2D eigenvalue weighted by Crippen LogP contribution is -2.42. The lowest BCUT2D eigenvalue weighted by molar-refractivity contribution is 0.0584. The fourth-order valence-corrected chi connectivity index (χ4v) is 3.76. The van der Waals surface area contributed by atoms with E-state index in [-0.39, 0.29) is 17.0 Å². The van der Waals surface area contributed by atoms with Crippen LogP contribution >= 0.6 is 15.9 Å². The van der Waals surface area contributed by atoms with Crippen LogP contribution in [0.3, 0.4) is 0 Å². The number of benzene rings is 1. The zero-order chi connectivity index (χ0) is 19.0. The molecule has 0 amide bonds. The number of carbonyl (C=O) groups is 1. The van der Waals surface area contributed by atoms with Crippen molar-refractivity contribution in [2.24, 2.45) is 0 Å². The van der Waals surface area contributed by atoms with E-state index in [2.05, 4.69) is 54.9 Å². The van der Waals surface area contributed by atoms with Crippen LogP contribution < -0.4 is 0 Å². The van der Waals surface area contributed by atoms with Crippen LogP contribution in [0.2, 0.25) is 18.1 Å². The number of hydrogen-bond acceptors (Lipinski definition) is 4. The largest absolute Gasteiger partial charge is 0.464 e. The van der Waals surface area contributed by atoms with Crippen molar-refractivity contribution < 1.29 is 14.0 Å². The molecule has 0 fully saturated rings. The third-order valence-corrected chi connectivity index (χ3v) is 9.94. The topological polar surface area (TPSA) is 53.3 Å². The highest BCUT2D eigenvalue weighted by Crippen LogP contribution is 2.37.